The van der Waals surface area contributed by atoms with Crippen LogP contribution >= 0.6 is 24.0 Å². The molecule has 30 heavy (non-hydrogen) atoms. The van der Waals surface area contributed by atoms with E-state index in [0.717, 1.165) is 57.3 Å². The van der Waals surface area contributed by atoms with Gasteiger partial charge in [-0.3, -0.25) is 9.79 Å². The molecule has 2 aliphatic rings. The third kappa shape index (κ3) is 6.69. The number of aromatic nitrogens is 1. The van der Waals surface area contributed by atoms with Crippen LogP contribution in [0.15, 0.2) is 23.3 Å². The number of hydrogen-bond donors (Lipinski definition) is 1. The van der Waals surface area contributed by atoms with Crippen LogP contribution in [-0.2, 0) is 16.1 Å². The summed E-state index contributed by atoms with van der Waals surface area (Å²) in [7, 11) is 3.95. The molecule has 0 aromatic carbocycles. The lowest BCUT2D eigenvalue weighted by Crippen LogP contribution is -2.48. The first-order chi connectivity index (χ1) is 14.1. The highest BCUT2D eigenvalue weighted by Gasteiger charge is 2.28. The van der Waals surface area contributed by atoms with Crippen molar-refractivity contribution in [1.29, 1.82) is 0 Å². The molecular weight excluding hydrogens is 495 g/mol. The molecule has 3 rings (SSSR count). The molecule has 9 heteroatoms. The van der Waals surface area contributed by atoms with Crippen molar-refractivity contribution in [2.75, 3.05) is 64.9 Å². The number of hydrogen-bond acceptors (Lipinski definition) is 6. The van der Waals surface area contributed by atoms with Crippen LogP contribution < -0.4 is 10.2 Å². The van der Waals surface area contributed by atoms with Crippen molar-refractivity contribution in [2.24, 2.45) is 10.9 Å². The Morgan fingerprint density at radius 3 is 2.77 bits per heavy atom. The number of piperidine rings is 1. The Morgan fingerprint density at radius 2 is 2.07 bits per heavy atom. The van der Waals surface area contributed by atoms with Crippen LogP contribution in [0.4, 0.5) is 5.82 Å². The monoisotopic (exact) mass is 530 g/mol. The zero-order valence-corrected chi connectivity index (χ0v) is 20.7. The summed E-state index contributed by atoms with van der Waals surface area (Å²) in [5.41, 5.74) is 1.18. The number of ether oxygens (including phenoxy) is 1. The van der Waals surface area contributed by atoms with Crippen molar-refractivity contribution >= 4 is 41.7 Å². The number of likely N-dealkylation sites (N-methyl/N-ethyl adjacent to an activating group) is 1. The third-order valence-electron chi connectivity index (χ3n) is 5.64. The molecule has 0 spiro atoms. The summed E-state index contributed by atoms with van der Waals surface area (Å²) in [6.45, 7) is 8.65. The number of pyridine rings is 1. The van der Waals surface area contributed by atoms with E-state index in [1.54, 1.807) is 7.05 Å². The smallest absolute Gasteiger partial charge is 0.310 e. The fourth-order valence-corrected chi connectivity index (χ4v) is 3.91. The molecule has 0 saturated carbocycles. The van der Waals surface area contributed by atoms with Gasteiger partial charge in [-0.1, -0.05) is 0 Å². The van der Waals surface area contributed by atoms with Gasteiger partial charge in [-0.2, -0.15) is 0 Å². The van der Waals surface area contributed by atoms with E-state index >= 15 is 0 Å². The van der Waals surface area contributed by atoms with Crippen molar-refractivity contribution in [3.63, 3.8) is 0 Å². The van der Waals surface area contributed by atoms with Crippen LogP contribution in [0.5, 0.6) is 0 Å². The molecule has 0 amide bonds. The predicted molar refractivity (Wildman–Crippen MR) is 130 cm³/mol. The van der Waals surface area contributed by atoms with Gasteiger partial charge in [-0.25, -0.2) is 4.98 Å². The average molecular weight is 530 g/mol. The number of anilines is 1. The minimum absolute atomic E-state index is 0. The van der Waals surface area contributed by atoms with Crippen LogP contribution in [0, 0.1) is 5.92 Å². The highest BCUT2D eigenvalue weighted by Crippen LogP contribution is 2.19. The minimum Gasteiger partial charge on any atom is -0.466 e. The first-order valence-electron chi connectivity index (χ1n) is 10.6. The molecule has 0 bridgehead atoms. The standard InChI is InChI=1S/C21H34N6O2.HI/c1-4-29-20(28)18-6-5-9-27(16-18)21(22-2)24-15-17-7-8-23-19(14-17)26-12-10-25(3)11-13-26;/h7-8,14,18H,4-6,9-13,15-16H2,1-3H3,(H,22,24);1H. The number of esters is 1. The first-order valence-corrected chi connectivity index (χ1v) is 10.6. The molecule has 2 fully saturated rings. The van der Waals surface area contributed by atoms with Crippen LogP contribution in [0.3, 0.4) is 0 Å². The minimum atomic E-state index is -0.0985. The second-order valence-corrected chi connectivity index (χ2v) is 7.75. The Kier molecular flexibility index (Phi) is 10.1. The van der Waals surface area contributed by atoms with Gasteiger partial charge >= 0.3 is 5.97 Å². The molecule has 2 aliphatic heterocycles. The number of nitrogens with zero attached hydrogens (tertiary/aromatic N) is 5. The van der Waals surface area contributed by atoms with Gasteiger partial charge in [0.15, 0.2) is 5.96 Å². The number of halogens is 1. The summed E-state index contributed by atoms with van der Waals surface area (Å²) in [5, 5.41) is 3.45. The molecular formula is C21H35IN6O2. The zero-order valence-electron chi connectivity index (χ0n) is 18.3. The first kappa shape index (κ1) is 24.6. The van der Waals surface area contributed by atoms with Gasteiger partial charge in [0.1, 0.15) is 5.82 Å². The van der Waals surface area contributed by atoms with Crippen molar-refractivity contribution in [3.05, 3.63) is 23.9 Å². The lowest BCUT2D eigenvalue weighted by molar-refractivity contribution is -0.149. The fourth-order valence-electron chi connectivity index (χ4n) is 3.91. The summed E-state index contributed by atoms with van der Waals surface area (Å²) >= 11 is 0. The van der Waals surface area contributed by atoms with Crippen LogP contribution in [0.1, 0.15) is 25.3 Å². The van der Waals surface area contributed by atoms with E-state index in [0.29, 0.717) is 19.7 Å². The highest BCUT2D eigenvalue weighted by molar-refractivity contribution is 14.0. The maximum atomic E-state index is 12.1. The van der Waals surface area contributed by atoms with Gasteiger partial charge in [-0.15, -0.1) is 24.0 Å². The van der Waals surface area contributed by atoms with E-state index in [1.807, 2.05) is 19.2 Å². The number of aliphatic imine (C=N–C) groups is 1. The van der Waals surface area contributed by atoms with Gasteiger partial charge in [0.2, 0.25) is 0 Å². The van der Waals surface area contributed by atoms with Crippen molar-refractivity contribution in [1.82, 2.24) is 20.1 Å². The normalized spacial score (nSPS) is 20.5. The Labute approximate surface area is 197 Å². The summed E-state index contributed by atoms with van der Waals surface area (Å²) in [4.78, 5) is 28.0. The number of carbonyl (C=O) groups excluding carboxylic acids is 1. The summed E-state index contributed by atoms with van der Waals surface area (Å²) < 4.78 is 5.21. The molecule has 1 atom stereocenters. The second-order valence-electron chi connectivity index (χ2n) is 7.75. The maximum absolute atomic E-state index is 12.1. The van der Waals surface area contributed by atoms with E-state index in [1.165, 1.54) is 5.56 Å². The molecule has 1 unspecified atom stereocenters. The van der Waals surface area contributed by atoms with Crippen LogP contribution in [-0.4, -0.2) is 86.7 Å². The second kappa shape index (κ2) is 12.3. The van der Waals surface area contributed by atoms with Gasteiger partial charge < -0.3 is 24.8 Å². The molecule has 168 valence electrons. The molecule has 2 saturated heterocycles. The zero-order chi connectivity index (χ0) is 20.6. The molecule has 1 N–H and O–H groups in total. The molecule has 8 nitrogen and oxygen atoms in total. The van der Waals surface area contributed by atoms with Gasteiger partial charge in [0.25, 0.3) is 0 Å². The number of likely N-dealkylation sites (tertiary alicyclic amines) is 1. The predicted octanol–water partition coefficient (Wildman–Crippen LogP) is 1.80. The maximum Gasteiger partial charge on any atom is 0.310 e. The van der Waals surface area contributed by atoms with Crippen molar-refractivity contribution in [3.8, 4) is 0 Å². The Bertz CT molecular complexity index is 708. The van der Waals surface area contributed by atoms with Gasteiger partial charge in [-0.05, 0) is 44.5 Å². The molecule has 1 aromatic heterocycles. The number of piperazine rings is 1. The fraction of sp³-hybridized carbons (Fsp3) is 0.667. The molecule has 1 aromatic rings. The molecule has 0 aliphatic carbocycles. The summed E-state index contributed by atoms with van der Waals surface area (Å²) in [6.07, 6.45) is 3.73. The number of nitrogens with one attached hydrogen (secondary N) is 1. The van der Waals surface area contributed by atoms with Crippen molar-refractivity contribution < 1.29 is 9.53 Å². The average Bonchev–Trinajstić information content (AvgIpc) is 2.75. The van der Waals surface area contributed by atoms with E-state index in [9.17, 15) is 4.79 Å². The number of carbonyl (C=O) groups is 1. The highest BCUT2D eigenvalue weighted by atomic mass is 127. The number of rotatable bonds is 5. The van der Waals surface area contributed by atoms with E-state index < -0.39 is 0 Å². The number of guanidine groups is 1. The quantitative estimate of drug-likeness (QED) is 0.270. The lowest BCUT2D eigenvalue weighted by atomic mass is 9.98. The van der Waals surface area contributed by atoms with Gasteiger partial charge in [0.05, 0.1) is 12.5 Å². The Morgan fingerprint density at radius 1 is 1.30 bits per heavy atom. The molecule has 0 radical (unpaired) electrons. The largest absolute Gasteiger partial charge is 0.466 e. The summed E-state index contributed by atoms with van der Waals surface area (Å²) in [5.74, 6) is 1.69. The Hall–Kier alpha value is -1.62. The lowest BCUT2D eigenvalue weighted by Gasteiger charge is -2.34. The van der Waals surface area contributed by atoms with Crippen molar-refractivity contribution in [2.45, 2.75) is 26.3 Å². The van der Waals surface area contributed by atoms with Crippen LogP contribution in [0.2, 0.25) is 0 Å². The topological polar surface area (TPSA) is 73.3 Å². The van der Waals surface area contributed by atoms with E-state index in [4.69, 9.17) is 4.74 Å². The van der Waals surface area contributed by atoms with E-state index in [-0.39, 0.29) is 35.9 Å². The van der Waals surface area contributed by atoms with Gasteiger partial charge in [0, 0.05) is 59.1 Å². The SMILES string of the molecule is CCOC(=O)C1CCCN(C(=NC)NCc2ccnc(N3CCN(C)CC3)c2)C1.I. The third-order valence-corrected chi connectivity index (χ3v) is 5.64. The molecule has 3 heterocycles. The van der Waals surface area contributed by atoms with Crippen LogP contribution in [0.25, 0.3) is 0 Å². The Balaban J connectivity index is 0.00000320. The van der Waals surface area contributed by atoms with E-state index in [2.05, 4.69) is 43.1 Å². The summed E-state index contributed by atoms with van der Waals surface area (Å²) in [6, 6.07) is 4.20.